The number of hydrogen-bond acceptors (Lipinski definition) is 3. The lowest BCUT2D eigenvalue weighted by molar-refractivity contribution is 1.10. The molecule has 0 unspecified atom stereocenters. The Kier molecular flexibility index (Phi) is 6.81. The monoisotopic (exact) mass is 260 g/mol. The summed E-state index contributed by atoms with van der Waals surface area (Å²) in [7, 11) is 0. The summed E-state index contributed by atoms with van der Waals surface area (Å²) in [6.45, 7) is 2.17. The summed E-state index contributed by atoms with van der Waals surface area (Å²) in [5.74, 6) is 1.15. The third-order valence-electron chi connectivity index (χ3n) is 2.18. The van der Waals surface area contributed by atoms with Gasteiger partial charge in [-0.25, -0.2) is 0 Å². The number of para-hydroxylation sites is 2. The first-order valence-electron chi connectivity index (χ1n) is 6.02. The Balaban J connectivity index is 0.000000199. The van der Waals surface area contributed by atoms with Crippen molar-refractivity contribution in [2.24, 2.45) is 0 Å². The van der Waals surface area contributed by atoms with Crippen LogP contribution < -0.4 is 11.5 Å². The van der Waals surface area contributed by atoms with Crippen LogP contribution in [0, 0.1) is 0 Å². The maximum Gasteiger partial charge on any atom is 0.0452 e. The Morgan fingerprint density at radius 3 is 2.00 bits per heavy atom. The van der Waals surface area contributed by atoms with Crippen LogP contribution in [-0.2, 0) is 0 Å². The van der Waals surface area contributed by atoms with Crippen LogP contribution in [0.5, 0.6) is 0 Å². The molecule has 0 heterocycles. The number of hydrogen-bond donors (Lipinski definition) is 2. The van der Waals surface area contributed by atoms with Crippen LogP contribution in [0.15, 0.2) is 59.5 Å². The minimum absolute atomic E-state index is 0.822. The van der Waals surface area contributed by atoms with E-state index in [0.29, 0.717) is 0 Å². The van der Waals surface area contributed by atoms with Gasteiger partial charge in [0.1, 0.15) is 0 Å². The Morgan fingerprint density at radius 2 is 1.50 bits per heavy atom. The predicted molar refractivity (Wildman–Crippen MR) is 82.7 cm³/mol. The molecule has 0 bridgehead atoms. The summed E-state index contributed by atoms with van der Waals surface area (Å²) in [5.41, 5.74) is 12.8. The summed E-state index contributed by atoms with van der Waals surface area (Å²) in [6, 6.07) is 17.5. The number of anilines is 2. The molecule has 0 aliphatic heterocycles. The Morgan fingerprint density at radius 1 is 0.889 bits per heavy atom. The highest BCUT2D eigenvalue weighted by Gasteiger charge is 1.95. The number of thioether (sulfide) groups is 1. The normalized spacial score (nSPS) is 9.39. The van der Waals surface area contributed by atoms with Gasteiger partial charge in [-0.2, -0.15) is 0 Å². The van der Waals surface area contributed by atoms with E-state index in [-0.39, 0.29) is 0 Å². The first kappa shape index (κ1) is 14.5. The summed E-state index contributed by atoms with van der Waals surface area (Å²) in [5, 5.41) is 0. The lowest BCUT2D eigenvalue weighted by Gasteiger charge is -2.02. The molecule has 0 radical (unpaired) electrons. The molecule has 2 aromatic rings. The van der Waals surface area contributed by atoms with E-state index in [9.17, 15) is 0 Å². The van der Waals surface area contributed by atoms with Gasteiger partial charge in [-0.1, -0.05) is 37.3 Å². The fourth-order valence-corrected chi connectivity index (χ4v) is 2.11. The first-order valence-corrected chi connectivity index (χ1v) is 7.00. The first-order chi connectivity index (χ1) is 8.74. The molecule has 2 aromatic carbocycles. The molecule has 0 fully saturated rings. The van der Waals surface area contributed by atoms with Crippen molar-refractivity contribution < 1.29 is 0 Å². The highest BCUT2D eigenvalue weighted by atomic mass is 32.2. The molecule has 3 heteroatoms. The molecule has 0 amide bonds. The predicted octanol–water partition coefficient (Wildman–Crippen LogP) is 4.04. The zero-order valence-corrected chi connectivity index (χ0v) is 11.5. The summed E-state index contributed by atoms with van der Waals surface area (Å²) < 4.78 is 0. The van der Waals surface area contributed by atoms with Crippen molar-refractivity contribution in [2.45, 2.75) is 18.2 Å². The van der Waals surface area contributed by atoms with E-state index in [1.54, 1.807) is 0 Å². The van der Waals surface area contributed by atoms with Gasteiger partial charge in [0.2, 0.25) is 0 Å². The van der Waals surface area contributed by atoms with Gasteiger partial charge in [-0.05, 0) is 36.4 Å². The van der Waals surface area contributed by atoms with Crippen molar-refractivity contribution in [3.8, 4) is 0 Å². The zero-order valence-electron chi connectivity index (χ0n) is 10.7. The molecule has 0 spiro atoms. The SMILES string of the molecule is CCCSc1ccccc1N.Nc1ccccc1. The summed E-state index contributed by atoms with van der Waals surface area (Å²) in [6.07, 6.45) is 1.19. The Hall–Kier alpha value is -1.61. The van der Waals surface area contributed by atoms with Crippen molar-refractivity contribution in [1.82, 2.24) is 0 Å². The van der Waals surface area contributed by atoms with Crippen LogP contribution in [-0.4, -0.2) is 5.75 Å². The van der Waals surface area contributed by atoms with Crippen LogP contribution in [0.3, 0.4) is 0 Å². The smallest absolute Gasteiger partial charge is 0.0452 e. The highest BCUT2D eigenvalue weighted by molar-refractivity contribution is 7.99. The molecule has 18 heavy (non-hydrogen) atoms. The second-order valence-corrected chi connectivity index (χ2v) is 4.93. The van der Waals surface area contributed by atoms with Crippen LogP contribution in [0.25, 0.3) is 0 Å². The van der Waals surface area contributed by atoms with E-state index in [4.69, 9.17) is 11.5 Å². The molecule has 96 valence electrons. The van der Waals surface area contributed by atoms with Crippen LogP contribution in [0.4, 0.5) is 11.4 Å². The summed E-state index contributed by atoms with van der Waals surface area (Å²) in [4.78, 5) is 1.20. The molecular weight excluding hydrogens is 240 g/mol. The van der Waals surface area contributed by atoms with Crippen LogP contribution in [0.1, 0.15) is 13.3 Å². The molecule has 0 aliphatic rings. The van der Waals surface area contributed by atoms with Gasteiger partial charge < -0.3 is 11.5 Å². The highest BCUT2D eigenvalue weighted by Crippen LogP contribution is 2.24. The van der Waals surface area contributed by atoms with E-state index in [1.165, 1.54) is 11.3 Å². The maximum atomic E-state index is 5.74. The third kappa shape index (κ3) is 5.64. The lowest BCUT2D eigenvalue weighted by Crippen LogP contribution is -1.87. The second kappa shape index (κ2) is 8.48. The maximum absolute atomic E-state index is 5.74. The topological polar surface area (TPSA) is 52.0 Å². The fourth-order valence-electron chi connectivity index (χ4n) is 1.28. The quantitative estimate of drug-likeness (QED) is 0.647. The largest absolute Gasteiger partial charge is 0.399 e. The number of nitrogen functional groups attached to an aromatic ring is 2. The van der Waals surface area contributed by atoms with E-state index in [2.05, 4.69) is 13.0 Å². The second-order valence-electron chi connectivity index (χ2n) is 3.80. The van der Waals surface area contributed by atoms with Gasteiger partial charge in [0.25, 0.3) is 0 Å². The lowest BCUT2D eigenvalue weighted by atomic mass is 10.3. The Bertz CT molecular complexity index is 443. The summed E-state index contributed by atoms with van der Waals surface area (Å²) >= 11 is 1.82. The molecule has 0 saturated carbocycles. The zero-order chi connectivity index (χ0) is 13.2. The molecule has 2 rings (SSSR count). The minimum Gasteiger partial charge on any atom is -0.399 e. The average Bonchev–Trinajstić information content (AvgIpc) is 2.39. The number of rotatable bonds is 3. The molecule has 0 aliphatic carbocycles. The van der Waals surface area contributed by atoms with Gasteiger partial charge in [0.05, 0.1) is 0 Å². The molecule has 2 nitrogen and oxygen atoms in total. The fraction of sp³-hybridized carbons (Fsp3) is 0.200. The average molecular weight is 260 g/mol. The number of benzene rings is 2. The van der Waals surface area contributed by atoms with Gasteiger partial charge in [0.15, 0.2) is 0 Å². The standard InChI is InChI=1S/C9H13NS.C6H7N/c1-2-7-11-9-6-4-3-5-8(9)10;7-6-4-2-1-3-5-6/h3-6H,2,7,10H2,1H3;1-5H,7H2. The minimum atomic E-state index is 0.822. The number of nitrogens with two attached hydrogens (primary N) is 2. The van der Waals surface area contributed by atoms with Crippen molar-refractivity contribution in [3.63, 3.8) is 0 Å². The van der Waals surface area contributed by atoms with E-state index < -0.39 is 0 Å². The molecular formula is C15H20N2S. The van der Waals surface area contributed by atoms with Gasteiger partial charge in [-0.3, -0.25) is 0 Å². The van der Waals surface area contributed by atoms with Gasteiger partial charge >= 0.3 is 0 Å². The van der Waals surface area contributed by atoms with Crippen LogP contribution >= 0.6 is 11.8 Å². The van der Waals surface area contributed by atoms with Gasteiger partial charge in [0, 0.05) is 16.3 Å². The van der Waals surface area contributed by atoms with Crippen molar-refractivity contribution in [2.75, 3.05) is 17.2 Å². The molecule has 0 atom stereocenters. The Labute approximate surface area is 113 Å². The van der Waals surface area contributed by atoms with E-state index in [0.717, 1.165) is 17.1 Å². The third-order valence-corrected chi connectivity index (χ3v) is 3.48. The van der Waals surface area contributed by atoms with Crippen LogP contribution in [0.2, 0.25) is 0 Å². The van der Waals surface area contributed by atoms with Gasteiger partial charge in [-0.15, -0.1) is 11.8 Å². The molecule has 0 saturated heterocycles. The molecule has 4 N–H and O–H groups in total. The van der Waals surface area contributed by atoms with E-state index in [1.807, 2.05) is 60.3 Å². The van der Waals surface area contributed by atoms with Crippen molar-refractivity contribution in [3.05, 3.63) is 54.6 Å². The molecule has 0 aromatic heterocycles. The van der Waals surface area contributed by atoms with Crippen molar-refractivity contribution in [1.29, 1.82) is 0 Å². The van der Waals surface area contributed by atoms with Crippen molar-refractivity contribution >= 4 is 23.1 Å². The van der Waals surface area contributed by atoms with E-state index >= 15 is 0 Å².